The summed E-state index contributed by atoms with van der Waals surface area (Å²) in [5.74, 6) is -0.0150. The average molecular weight is 375 g/mol. The smallest absolute Gasteiger partial charge is 0.261 e. The SMILES string of the molecule is Cc1ccc2nc3sc(C(=O)N[C@H](C)CCc4ccccc4)cc3cc2c1. The molecule has 0 spiro atoms. The van der Waals surface area contributed by atoms with Gasteiger partial charge in [-0.1, -0.05) is 42.0 Å². The maximum Gasteiger partial charge on any atom is 0.261 e. The Hall–Kier alpha value is -2.72. The summed E-state index contributed by atoms with van der Waals surface area (Å²) >= 11 is 1.46. The normalized spacial score (nSPS) is 12.4. The zero-order valence-electron chi connectivity index (χ0n) is 15.5. The van der Waals surface area contributed by atoms with Crippen LogP contribution < -0.4 is 5.32 Å². The molecule has 2 aromatic carbocycles. The van der Waals surface area contributed by atoms with E-state index in [0.29, 0.717) is 0 Å². The largest absolute Gasteiger partial charge is 0.349 e. The summed E-state index contributed by atoms with van der Waals surface area (Å²) in [5, 5.41) is 5.26. The molecule has 1 N–H and O–H groups in total. The molecule has 3 nitrogen and oxygen atoms in total. The summed E-state index contributed by atoms with van der Waals surface area (Å²) in [4.78, 5) is 19.0. The Labute approximate surface area is 163 Å². The van der Waals surface area contributed by atoms with Crippen molar-refractivity contribution in [2.75, 3.05) is 0 Å². The van der Waals surface area contributed by atoms with Gasteiger partial charge in [0.15, 0.2) is 0 Å². The fourth-order valence-electron chi connectivity index (χ4n) is 3.26. The lowest BCUT2D eigenvalue weighted by molar-refractivity contribution is 0.0942. The van der Waals surface area contributed by atoms with E-state index in [4.69, 9.17) is 4.98 Å². The van der Waals surface area contributed by atoms with E-state index in [1.165, 1.54) is 22.5 Å². The van der Waals surface area contributed by atoms with E-state index in [-0.39, 0.29) is 11.9 Å². The van der Waals surface area contributed by atoms with E-state index >= 15 is 0 Å². The van der Waals surface area contributed by atoms with Crippen molar-refractivity contribution in [1.29, 1.82) is 0 Å². The highest BCUT2D eigenvalue weighted by Crippen LogP contribution is 2.28. The molecule has 0 radical (unpaired) electrons. The monoisotopic (exact) mass is 374 g/mol. The number of fused-ring (bicyclic) bond motifs is 2. The second-order valence-corrected chi connectivity index (χ2v) is 8.12. The van der Waals surface area contributed by atoms with Gasteiger partial charge in [0.25, 0.3) is 5.91 Å². The fourth-order valence-corrected chi connectivity index (χ4v) is 4.19. The molecule has 4 aromatic rings. The number of aromatic nitrogens is 1. The molecule has 0 bridgehead atoms. The van der Waals surface area contributed by atoms with E-state index in [1.807, 2.05) is 30.3 Å². The Kier molecular flexibility index (Phi) is 4.90. The molecular weight excluding hydrogens is 352 g/mol. The van der Waals surface area contributed by atoms with Gasteiger partial charge in [-0.2, -0.15) is 0 Å². The lowest BCUT2D eigenvalue weighted by Gasteiger charge is -2.13. The van der Waals surface area contributed by atoms with Crippen molar-refractivity contribution in [2.45, 2.75) is 32.7 Å². The Morgan fingerprint density at radius 2 is 1.89 bits per heavy atom. The molecule has 0 aliphatic heterocycles. The summed E-state index contributed by atoms with van der Waals surface area (Å²) in [7, 11) is 0. The first kappa shape index (κ1) is 17.7. The first-order valence-electron chi connectivity index (χ1n) is 9.24. The number of hydrogen-bond acceptors (Lipinski definition) is 3. The molecule has 0 saturated carbocycles. The number of carbonyl (C=O) groups excluding carboxylic acids is 1. The van der Waals surface area contributed by atoms with Crippen LogP contribution in [0.4, 0.5) is 0 Å². The van der Waals surface area contributed by atoms with Crippen LogP contribution in [0.2, 0.25) is 0 Å². The molecule has 0 fully saturated rings. The summed E-state index contributed by atoms with van der Waals surface area (Å²) in [6.45, 7) is 4.14. The standard InChI is InChI=1S/C23H22N2OS/c1-15-8-11-20-18(12-15)13-19-14-21(27-23(19)25-20)22(26)24-16(2)9-10-17-6-4-3-5-7-17/h3-8,11-14,16H,9-10H2,1-2H3,(H,24,26)/t16-/m1/s1. The van der Waals surface area contributed by atoms with Crippen LogP contribution >= 0.6 is 11.3 Å². The Morgan fingerprint density at radius 3 is 2.70 bits per heavy atom. The van der Waals surface area contributed by atoms with Crippen molar-refractivity contribution in [3.8, 4) is 0 Å². The molecule has 1 amide bonds. The van der Waals surface area contributed by atoms with Crippen LogP contribution in [0.1, 0.15) is 34.1 Å². The van der Waals surface area contributed by atoms with Crippen molar-refractivity contribution < 1.29 is 4.79 Å². The predicted molar refractivity (Wildman–Crippen MR) is 114 cm³/mol. The zero-order chi connectivity index (χ0) is 18.8. The predicted octanol–water partition coefficient (Wildman–Crippen LogP) is 5.51. The van der Waals surface area contributed by atoms with Crippen LogP contribution in [0.3, 0.4) is 0 Å². The zero-order valence-corrected chi connectivity index (χ0v) is 16.3. The van der Waals surface area contributed by atoms with Crippen LogP contribution in [0.25, 0.3) is 21.1 Å². The number of benzene rings is 2. The minimum atomic E-state index is -0.0150. The van der Waals surface area contributed by atoms with Gasteiger partial charge in [0, 0.05) is 16.8 Å². The van der Waals surface area contributed by atoms with Crippen molar-refractivity contribution in [3.63, 3.8) is 0 Å². The van der Waals surface area contributed by atoms with E-state index in [1.54, 1.807) is 0 Å². The number of rotatable bonds is 5. The number of carbonyl (C=O) groups is 1. The van der Waals surface area contributed by atoms with Gasteiger partial charge in [-0.3, -0.25) is 4.79 Å². The van der Waals surface area contributed by atoms with Crippen LogP contribution in [0.15, 0.2) is 60.7 Å². The number of aryl methyl sites for hydroxylation is 2. The molecule has 0 saturated heterocycles. The molecule has 2 aromatic heterocycles. The minimum absolute atomic E-state index is 0.0150. The summed E-state index contributed by atoms with van der Waals surface area (Å²) in [5.41, 5.74) is 3.48. The fraction of sp³-hybridized carbons (Fsp3) is 0.217. The number of amides is 1. The molecule has 0 unspecified atom stereocenters. The van der Waals surface area contributed by atoms with Crippen molar-refractivity contribution in [2.24, 2.45) is 0 Å². The molecule has 1 atom stereocenters. The van der Waals surface area contributed by atoms with Crippen LogP contribution in [-0.4, -0.2) is 16.9 Å². The molecule has 4 heteroatoms. The minimum Gasteiger partial charge on any atom is -0.349 e. The van der Waals surface area contributed by atoms with Gasteiger partial charge < -0.3 is 5.32 Å². The van der Waals surface area contributed by atoms with Gasteiger partial charge in [-0.05, 0) is 56.5 Å². The van der Waals surface area contributed by atoms with Crippen LogP contribution in [0.5, 0.6) is 0 Å². The quantitative estimate of drug-likeness (QED) is 0.500. The van der Waals surface area contributed by atoms with Gasteiger partial charge >= 0.3 is 0 Å². The number of nitrogens with zero attached hydrogens (tertiary/aromatic N) is 1. The maximum absolute atomic E-state index is 12.7. The average Bonchev–Trinajstić information content (AvgIpc) is 3.08. The number of hydrogen-bond donors (Lipinski definition) is 1. The van der Waals surface area contributed by atoms with E-state index in [0.717, 1.165) is 38.8 Å². The highest BCUT2D eigenvalue weighted by molar-refractivity contribution is 7.20. The Bertz CT molecular complexity index is 1100. The lowest BCUT2D eigenvalue weighted by Crippen LogP contribution is -2.32. The molecule has 2 heterocycles. The van der Waals surface area contributed by atoms with Crippen molar-refractivity contribution >= 4 is 38.4 Å². The van der Waals surface area contributed by atoms with Gasteiger partial charge in [0.2, 0.25) is 0 Å². The van der Waals surface area contributed by atoms with Crippen molar-refractivity contribution in [1.82, 2.24) is 10.3 Å². The number of nitrogens with one attached hydrogen (secondary N) is 1. The molecule has 136 valence electrons. The molecule has 0 aliphatic rings. The molecule has 4 rings (SSSR count). The molecule has 27 heavy (non-hydrogen) atoms. The van der Waals surface area contributed by atoms with E-state index in [9.17, 15) is 4.79 Å². The third-order valence-electron chi connectivity index (χ3n) is 4.77. The van der Waals surface area contributed by atoms with E-state index in [2.05, 4.69) is 49.5 Å². The van der Waals surface area contributed by atoms with Crippen molar-refractivity contribution in [3.05, 3.63) is 76.7 Å². The summed E-state index contributed by atoms with van der Waals surface area (Å²) < 4.78 is 0. The maximum atomic E-state index is 12.7. The first-order valence-corrected chi connectivity index (χ1v) is 10.1. The van der Waals surface area contributed by atoms with Gasteiger partial charge in [-0.15, -0.1) is 11.3 Å². The number of pyridine rings is 1. The van der Waals surface area contributed by atoms with Crippen LogP contribution in [-0.2, 0) is 6.42 Å². The number of thiophene rings is 1. The summed E-state index contributed by atoms with van der Waals surface area (Å²) in [6.07, 6.45) is 1.88. The van der Waals surface area contributed by atoms with Gasteiger partial charge in [0.1, 0.15) is 4.83 Å². The highest BCUT2D eigenvalue weighted by atomic mass is 32.1. The topological polar surface area (TPSA) is 42.0 Å². The highest BCUT2D eigenvalue weighted by Gasteiger charge is 2.14. The Morgan fingerprint density at radius 1 is 1.07 bits per heavy atom. The second-order valence-electron chi connectivity index (χ2n) is 7.09. The third-order valence-corrected chi connectivity index (χ3v) is 5.81. The Balaban J connectivity index is 1.47. The third kappa shape index (κ3) is 4.01. The lowest BCUT2D eigenvalue weighted by atomic mass is 10.1. The summed E-state index contributed by atoms with van der Waals surface area (Å²) in [6, 6.07) is 20.8. The van der Waals surface area contributed by atoms with Gasteiger partial charge in [-0.25, -0.2) is 4.98 Å². The van der Waals surface area contributed by atoms with Crippen LogP contribution in [0, 0.1) is 6.92 Å². The molecule has 0 aliphatic carbocycles. The second kappa shape index (κ2) is 7.49. The van der Waals surface area contributed by atoms with E-state index < -0.39 is 0 Å². The van der Waals surface area contributed by atoms with Gasteiger partial charge in [0.05, 0.1) is 10.4 Å². The molecular formula is C23H22N2OS. The first-order chi connectivity index (χ1) is 13.1.